The van der Waals surface area contributed by atoms with Crippen LogP contribution in [0.4, 0.5) is 5.69 Å². The first-order chi connectivity index (χ1) is 7.72. The van der Waals surface area contributed by atoms with Gasteiger partial charge >= 0.3 is 0 Å². The van der Waals surface area contributed by atoms with Gasteiger partial charge in [0.2, 0.25) is 5.91 Å². The summed E-state index contributed by atoms with van der Waals surface area (Å²) in [6, 6.07) is 7.09. The van der Waals surface area contributed by atoms with Crippen molar-refractivity contribution in [3.63, 3.8) is 0 Å². The van der Waals surface area contributed by atoms with E-state index < -0.39 is 0 Å². The molecule has 0 radical (unpaired) electrons. The highest BCUT2D eigenvalue weighted by molar-refractivity contribution is 5.93. The first kappa shape index (κ1) is 12.1. The number of hydrogen-bond acceptors (Lipinski definition) is 3. The van der Waals surface area contributed by atoms with Crippen LogP contribution in [0, 0.1) is 11.3 Å². The molecule has 0 aliphatic heterocycles. The fraction of sp³-hybridized carbons (Fsp3) is 0.333. The maximum atomic E-state index is 11.5. The minimum Gasteiger partial charge on any atom is -0.495 e. The number of carbonyl (C=O) groups is 1. The highest BCUT2D eigenvalue weighted by Crippen LogP contribution is 2.27. The van der Waals surface area contributed by atoms with Crippen LogP contribution in [0.15, 0.2) is 18.2 Å². The molecule has 1 amide bonds. The van der Waals surface area contributed by atoms with Gasteiger partial charge < -0.3 is 10.1 Å². The third kappa shape index (κ3) is 2.74. The number of nitrogens with one attached hydrogen (secondary N) is 1. The normalized spacial score (nSPS) is 9.31. The Morgan fingerprint density at radius 2 is 2.31 bits per heavy atom. The Morgan fingerprint density at radius 3 is 2.88 bits per heavy atom. The average molecular weight is 218 g/mol. The van der Waals surface area contributed by atoms with Gasteiger partial charge in [-0.1, -0.05) is 13.0 Å². The fourth-order valence-corrected chi connectivity index (χ4v) is 1.35. The number of nitrogens with zero attached hydrogens (tertiary/aromatic N) is 1. The molecule has 1 rings (SSSR count). The number of methoxy groups -OCH3 is 1. The third-order valence-electron chi connectivity index (χ3n) is 2.11. The van der Waals surface area contributed by atoms with Gasteiger partial charge in [0.25, 0.3) is 0 Å². The van der Waals surface area contributed by atoms with Gasteiger partial charge in [0.1, 0.15) is 17.5 Å². The summed E-state index contributed by atoms with van der Waals surface area (Å²) in [4.78, 5) is 11.5. The van der Waals surface area contributed by atoms with Crippen LogP contribution in [-0.4, -0.2) is 13.0 Å². The number of hydrogen-bond donors (Lipinski definition) is 1. The van der Waals surface area contributed by atoms with Crippen molar-refractivity contribution in [2.75, 3.05) is 12.4 Å². The third-order valence-corrected chi connectivity index (χ3v) is 2.11. The van der Waals surface area contributed by atoms with E-state index in [9.17, 15) is 4.79 Å². The molecule has 0 spiro atoms. The molecule has 1 aromatic rings. The number of amides is 1. The quantitative estimate of drug-likeness (QED) is 0.843. The summed E-state index contributed by atoms with van der Waals surface area (Å²) < 4.78 is 5.10. The highest BCUT2D eigenvalue weighted by atomic mass is 16.5. The Hall–Kier alpha value is -2.02. The molecule has 0 bridgehead atoms. The van der Waals surface area contributed by atoms with Crippen molar-refractivity contribution in [3.8, 4) is 11.8 Å². The van der Waals surface area contributed by atoms with Crippen molar-refractivity contribution in [1.29, 1.82) is 5.26 Å². The number of ether oxygens (including phenoxy) is 1. The van der Waals surface area contributed by atoms with Crippen molar-refractivity contribution in [3.05, 3.63) is 23.8 Å². The Balaban J connectivity index is 3.01. The Morgan fingerprint density at radius 1 is 1.56 bits per heavy atom. The molecule has 1 N–H and O–H groups in total. The predicted molar refractivity (Wildman–Crippen MR) is 61.2 cm³/mol. The van der Waals surface area contributed by atoms with Crippen LogP contribution >= 0.6 is 0 Å². The molecule has 0 aliphatic rings. The Bertz CT molecular complexity index is 422. The lowest BCUT2D eigenvalue weighted by Gasteiger charge is -2.10. The summed E-state index contributed by atoms with van der Waals surface area (Å²) in [6.45, 7) is 1.92. The number of anilines is 1. The van der Waals surface area contributed by atoms with Crippen molar-refractivity contribution >= 4 is 11.6 Å². The molecule has 4 nitrogen and oxygen atoms in total. The molecular weight excluding hydrogens is 204 g/mol. The van der Waals surface area contributed by atoms with E-state index in [4.69, 9.17) is 10.00 Å². The van der Waals surface area contributed by atoms with Crippen LogP contribution in [0.5, 0.6) is 5.75 Å². The van der Waals surface area contributed by atoms with Crippen LogP contribution in [0.1, 0.15) is 25.3 Å². The summed E-state index contributed by atoms with van der Waals surface area (Å²) in [6.07, 6.45) is 1.20. The molecule has 0 saturated carbocycles. The van der Waals surface area contributed by atoms with E-state index >= 15 is 0 Å². The van der Waals surface area contributed by atoms with Crippen molar-refractivity contribution < 1.29 is 9.53 Å². The molecule has 4 heteroatoms. The van der Waals surface area contributed by atoms with Crippen LogP contribution < -0.4 is 10.1 Å². The fourth-order valence-electron chi connectivity index (χ4n) is 1.35. The molecule has 16 heavy (non-hydrogen) atoms. The van der Waals surface area contributed by atoms with E-state index in [0.717, 1.165) is 6.42 Å². The summed E-state index contributed by atoms with van der Waals surface area (Å²) in [5, 5.41) is 11.6. The largest absolute Gasteiger partial charge is 0.495 e. The topological polar surface area (TPSA) is 62.1 Å². The molecule has 0 saturated heterocycles. The molecule has 0 fully saturated rings. The summed E-state index contributed by atoms with van der Waals surface area (Å²) in [5.74, 6) is 0.395. The minimum absolute atomic E-state index is 0.108. The minimum atomic E-state index is -0.108. The second-order valence-corrected chi connectivity index (χ2v) is 3.29. The van der Waals surface area contributed by atoms with Crippen molar-refractivity contribution in [2.45, 2.75) is 19.8 Å². The van der Waals surface area contributed by atoms with E-state index in [2.05, 4.69) is 5.32 Å². The highest BCUT2D eigenvalue weighted by Gasteiger charge is 2.11. The van der Waals surface area contributed by atoms with Crippen molar-refractivity contribution in [2.24, 2.45) is 0 Å². The summed E-state index contributed by atoms with van der Waals surface area (Å²) >= 11 is 0. The molecule has 0 aromatic heterocycles. The molecule has 0 heterocycles. The number of para-hydroxylation sites is 1. The van der Waals surface area contributed by atoms with Crippen LogP contribution in [-0.2, 0) is 4.79 Å². The van der Waals surface area contributed by atoms with E-state index in [0.29, 0.717) is 23.4 Å². The Labute approximate surface area is 94.8 Å². The SMILES string of the molecule is CCCC(=O)Nc1c(C#N)cccc1OC. The molecular formula is C12H14N2O2. The van der Waals surface area contributed by atoms with Gasteiger partial charge in [-0.05, 0) is 18.6 Å². The lowest BCUT2D eigenvalue weighted by Crippen LogP contribution is -2.12. The zero-order chi connectivity index (χ0) is 12.0. The molecule has 84 valence electrons. The van der Waals surface area contributed by atoms with E-state index in [1.807, 2.05) is 13.0 Å². The van der Waals surface area contributed by atoms with Crippen molar-refractivity contribution in [1.82, 2.24) is 0 Å². The molecule has 0 unspecified atom stereocenters. The van der Waals surface area contributed by atoms with Gasteiger partial charge in [0.15, 0.2) is 0 Å². The predicted octanol–water partition coefficient (Wildman–Crippen LogP) is 2.31. The number of benzene rings is 1. The Kier molecular flexibility index (Phi) is 4.34. The average Bonchev–Trinajstić information content (AvgIpc) is 2.29. The van der Waals surface area contributed by atoms with Gasteiger partial charge in [0, 0.05) is 6.42 Å². The van der Waals surface area contributed by atoms with E-state index in [1.165, 1.54) is 7.11 Å². The van der Waals surface area contributed by atoms with Crippen LogP contribution in [0.25, 0.3) is 0 Å². The standard InChI is InChI=1S/C12H14N2O2/c1-3-5-11(15)14-12-9(8-13)6-4-7-10(12)16-2/h4,6-7H,3,5H2,1-2H3,(H,14,15). The smallest absolute Gasteiger partial charge is 0.224 e. The number of nitriles is 1. The van der Waals surface area contributed by atoms with E-state index in [-0.39, 0.29) is 5.91 Å². The maximum absolute atomic E-state index is 11.5. The summed E-state index contributed by atoms with van der Waals surface area (Å²) in [5.41, 5.74) is 0.856. The first-order valence-electron chi connectivity index (χ1n) is 5.09. The molecule has 0 atom stereocenters. The van der Waals surface area contributed by atoms with Gasteiger partial charge in [-0.2, -0.15) is 5.26 Å². The lowest BCUT2D eigenvalue weighted by atomic mass is 10.1. The summed E-state index contributed by atoms with van der Waals surface area (Å²) in [7, 11) is 1.51. The van der Waals surface area contributed by atoms with Crippen LogP contribution in [0.2, 0.25) is 0 Å². The lowest BCUT2D eigenvalue weighted by molar-refractivity contribution is -0.116. The first-order valence-corrected chi connectivity index (χ1v) is 5.09. The van der Waals surface area contributed by atoms with E-state index in [1.54, 1.807) is 18.2 Å². The van der Waals surface area contributed by atoms with Gasteiger partial charge in [-0.25, -0.2) is 0 Å². The number of rotatable bonds is 4. The monoisotopic (exact) mass is 218 g/mol. The maximum Gasteiger partial charge on any atom is 0.224 e. The number of carbonyl (C=O) groups excluding carboxylic acids is 1. The second kappa shape index (κ2) is 5.76. The van der Waals surface area contributed by atoms with Crippen LogP contribution in [0.3, 0.4) is 0 Å². The zero-order valence-electron chi connectivity index (χ0n) is 9.41. The van der Waals surface area contributed by atoms with Gasteiger partial charge in [-0.15, -0.1) is 0 Å². The second-order valence-electron chi connectivity index (χ2n) is 3.29. The zero-order valence-corrected chi connectivity index (χ0v) is 9.41. The molecule has 1 aromatic carbocycles. The molecule has 0 aliphatic carbocycles. The van der Waals surface area contributed by atoms with Gasteiger partial charge in [-0.3, -0.25) is 4.79 Å². The van der Waals surface area contributed by atoms with Gasteiger partial charge in [0.05, 0.1) is 12.7 Å².